The molecule has 4 nitrogen and oxygen atoms in total. The molecule has 0 aromatic carbocycles. The quantitative estimate of drug-likeness (QED) is 0.854. The Morgan fingerprint density at radius 2 is 2.22 bits per heavy atom. The Morgan fingerprint density at radius 3 is 2.83 bits per heavy atom. The van der Waals surface area contributed by atoms with Crippen LogP contribution in [0.3, 0.4) is 0 Å². The number of carbonyl (C=O) groups is 1. The highest BCUT2D eigenvalue weighted by Crippen LogP contribution is 2.32. The van der Waals surface area contributed by atoms with Crippen LogP contribution in [-0.2, 0) is 17.8 Å². The van der Waals surface area contributed by atoms with Gasteiger partial charge in [0.25, 0.3) is 0 Å². The fraction of sp³-hybridized carbons (Fsp3) is 0.643. The minimum atomic E-state index is -0.529. The largest absolute Gasteiger partial charge is 0.369 e. The number of rotatable bonds is 3. The van der Waals surface area contributed by atoms with Gasteiger partial charge >= 0.3 is 0 Å². The Hall–Kier alpha value is -1.29. The van der Waals surface area contributed by atoms with Crippen molar-refractivity contribution in [2.75, 3.05) is 0 Å². The summed E-state index contributed by atoms with van der Waals surface area (Å²) in [6.07, 6.45) is 3.22. The maximum atomic E-state index is 11.5. The number of hydrogen-bond donors (Lipinski definition) is 2. The van der Waals surface area contributed by atoms with Gasteiger partial charge in [0.15, 0.2) is 0 Å². The van der Waals surface area contributed by atoms with Gasteiger partial charge in [-0.3, -0.25) is 4.79 Å². The van der Waals surface area contributed by atoms with Crippen molar-refractivity contribution in [1.82, 2.24) is 4.57 Å². The summed E-state index contributed by atoms with van der Waals surface area (Å²) in [6, 6.07) is 2.31. The van der Waals surface area contributed by atoms with Crippen molar-refractivity contribution in [3.63, 3.8) is 0 Å². The standard InChI is InChI=1S/C14H23N3O/c1-9-7-10-11(15)5-4-6-12(10)17(9)8-14(2,3)13(16)18/h7,11H,4-6,8,15H2,1-3H3,(H2,16,18). The normalized spacial score (nSPS) is 19.7. The lowest BCUT2D eigenvalue weighted by Crippen LogP contribution is -2.36. The van der Waals surface area contributed by atoms with Gasteiger partial charge in [-0.25, -0.2) is 0 Å². The zero-order chi connectivity index (χ0) is 13.5. The molecule has 1 aliphatic carbocycles. The first kappa shape index (κ1) is 13.1. The second-order valence-corrected chi connectivity index (χ2v) is 6.02. The zero-order valence-corrected chi connectivity index (χ0v) is 11.5. The molecular formula is C14H23N3O. The van der Waals surface area contributed by atoms with Crippen LogP contribution in [0.15, 0.2) is 6.07 Å². The van der Waals surface area contributed by atoms with Gasteiger partial charge < -0.3 is 16.0 Å². The molecule has 2 rings (SSSR count). The first-order chi connectivity index (χ1) is 8.33. The number of nitrogens with zero attached hydrogens (tertiary/aromatic N) is 1. The van der Waals surface area contributed by atoms with E-state index in [9.17, 15) is 4.79 Å². The van der Waals surface area contributed by atoms with Gasteiger partial charge in [-0.2, -0.15) is 0 Å². The summed E-state index contributed by atoms with van der Waals surface area (Å²) < 4.78 is 2.22. The molecule has 0 fully saturated rings. The third-order valence-corrected chi connectivity index (χ3v) is 4.00. The predicted octanol–water partition coefficient (Wildman–Crippen LogP) is 1.64. The smallest absolute Gasteiger partial charge is 0.224 e. The van der Waals surface area contributed by atoms with Crippen LogP contribution in [0.5, 0.6) is 0 Å². The summed E-state index contributed by atoms with van der Waals surface area (Å²) in [4.78, 5) is 11.5. The topological polar surface area (TPSA) is 74.0 Å². The molecule has 100 valence electrons. The highest BCUT2D eigenvalue weighted by molar-refractivity contribution is 5.79. The molecule has 18 heavy (non-hydrogen) atoms. The SMILES string of the molecule is Cc1cc2c(n1CC(C)(C)C(N)=O)CCCC2N. The third-order valence-electron chi connectivity index (χ3n) is 4.00. The van der Waals surface area contributed by atoms with E-state index >= 15 is 0 Å². The Morgan fingerprint density at radius 1 is 1.56 bits per heavy atom. The summed E-state index contributed by atoms with van der Waals surface area (Å²) in [5.74, 6) is -0.260. The number of amides is 1. The third kappa shape index (κ3) is 2.17. The molecule has 1 aliphatic rings. The van der Waals surface area contributed by atoms with Gasteiger partial charge in [-0.1, -0.05) is 0 Å². The van der Waals surface area contributed by atoms with Gasteiger partial charge in [0, 0.05) is 24.0 Å². The van der Waals surface area contributed by atoms with E-state index in [1.807, 2.05) is 13.8 Å². The summed E-state index contributed by atoms with van der Waals surface area (Å²) in [6.45, 7) is 6.49. The van der Waals surface area contributed by atoms with E-state index in [4.69, 9.17) is 11.5 Å². The lowest BCUT2D eigenvalue weighted by Gasteiger charge is -2.26. The molecule has 0 saturated heterocycles. The molecule has 0 bridgehead atoms. The molecule has 1 amide bonds. The number of aromatic nitrogens is 1. The monoisotopic (exact) mass is 249 g/mol. The number of aryl methyl sites for hydroxylation is 1. The van der Waals surface area contributed by atoms with Gasteiger partial charge in [0.05, 0.1) is 5.41 Å². The van der Waals surface area contributed by atoms with E-state index in [0.717, 1.165) is 19.3 Å². The number of hydrogen-bond acceptors (Lipinski definition) is 2. The van der Waals surface area contributed by atoms with Crippen molar-refractivity contribution in [2.24, 2.45) is 16.9 Å². The molecule has 1 atom stereocenters. The van der Waals surface area contributed by atoms with Crippen molar-refractivity contribution in [2.45, 2.75) is 52.6 Å². The molecule has 1 aromatic rings. The number of nitrogens with two attached hydrogens (primary N) is 2. The summed E-state index contributed by atoms with van der Waals surface area (Å²) in [7, 11) is 0. The molecular weight excluding hydrogens is 226 g/mol. The minimum absolute atomic E-state index is 0.144. The number of fused-ring (bicyclic) bond motifs is 1. The van der Waals surface area contributed by atoms with E-state index in [0.29, 0.717) is 6.54 Å². The van der Waals surface area contributed by atoms with E-state index < -0.39 is 5.41 Å². The second kappa shape index (κ2) is 4.43. The van der Waals surface area contributed by atoms with E-state index in [2.05, 4.69) is 17.6 Å². The van der Waals surface area contributed by atoms with Crippen LogP contribution in [0.25, 0.3) is 0 Å². The molecule has 1 heterocycles. The Labute approximate surface area is 108 Å². The molecule has 1 aromatic heterocycles. The lowest BCUT2D eigenvalue weighted by atomic mass is 9.91. The van der Waals surface area contributed by atoms with Crippen LogP contribution in [0.2, 0.25) is 0 Å². The second-order valence-electron chi connectivity index (χ2n) is 6.02. The summed E-state index contributed by atoms with van der Waals surface area (Å²) in [5, 5.41) is 0. The van der Waals surface area contributed by atoms with Gasteiger partial charge in [0.1, 0.15) is 0 Å². The predicted molar refractivity (Wildman–Crippen MR) is 72.0 cm³/mol. The fourth-order valence-electron chi connectivity index (χ4n) is 2.69. The van der Waals surface area contributed by atoms with Gasteiger partial charge in [0.2, 0.25) is 5.91 Å². The van der Waals surface area contributed by atoms with Crippen molar-refractivity contribution in [3.8, 4) is 0 Å². The first-order valence-corrected chi connectivity index (χ1v) is 6.57. The molecule has 0 spiro atoms. The van der Waals surface area contributed by atoms with Crippen LogP contribution in [-0.4, -0.2) is 10.5 Å². The zero-order valence-electron chi connectivity index (χ0n) is 11.5. The van der Waals surface area contributed by atoms with Crippen LogP contribution < -0.4 is 11.5 Å². The number of primary amides is 1. The molecule has 1 unspecified atom stereocenters. The van der Waals surface area contributed by atoms with Crippen LogP contribution >= 0.6 is 0 Å². The van der Waals surface area contributed by atoms with Crippen molar-refractivity contribution < 1.29 is 4.79 Å². The van der Waals surface area contributed by atoms with Crippen LogP contribution in [0, 0.1) is 12.3 Å². The fourth-order valence-corrected chi connectivity index (χ4v) is 2.69. The lowest BCUT2D eigenvalue weighted by molar-refractivity contribution is -0.126. The summed E-state index contributed by atoms with van der Waals surface area (Å²) >= 11 is 0. The highest BCUT2D eigenvalue weighted by Gasteiger charge is 2.29. The van der Waals surface area contributed by atoms with Crippen LogP contribution in [0.1, 0.15) is 49.7 Å². The van der Waals surface area contributed by atoms with E-state index in [1.54, 1.807) is 0 Å². The molecule has 4 N–H and O–H groups in total. The molecule has 4 heteroatoms. The molecule has 0 radical (unpaired) electrons. The minimum Gasteiger partial charge on any atom is -0.369 e. The van der Waals surface area contributed by atoms with Gasteiger partial charge in [-0.15, -0.1) is 0 Å². The Kier molecular flexibility index (Phi) is 3.23. The van der Waals surface area contributed by atoms with Crippen molar-refractivity contribution in [3.05, 3.63) is 23.0 Å². The molecule has 0 aliphatic heterocycles. The molecule has 0 saturated carbocycles. The van der Waals surface area contributed by atoms with Crippen LogP contribution in [0.4, 0.5) is 0 Å². The van der Waals surface area contributed by atoms with Crippen molar-refractivity contribution in [1.29, 1.82) is 0 Å². The first-order valence-electron chi connectivity index (χ1n) is 6.57. The summed E-state index contributed by atoms with van der Waals surface area (Å²) in [5.41, 5.74) is 14.8. The number of carbonyl (C=O) groups excluding carboxylic acids is 1. The highest BCUT2D eigenvalue weighted by atomic mass is 16.1. The average Bonchev–Trinajstić information content (AvgIpc) is 2.57. The Balaban J connectivity index is 2.37. The average molecular weight is 249 g/mol. The maximum Gasteiger partial charge on any atom is 0.224 e. The van der Waals surface area contributed by atoms with E-state index in [-0.39, 0.29) is 11.9 Å². The maximum absolute atomic E-state index is 11.5. The Bertz CT molecular complexity index is 474. The van der Waals surface area contributed by atoms with E-state index in [1.165, 1.54) is 17.0 Å². The van der Waals surface area contributed by atoms with Crippen molar-refractivity contribution >= 4 is 5.91 Å². The van der Waals surface area contributed by atoms with Gasteiger partial charge in [-0.05, 0) is 51.7 Å².